The Morgan fingerprint density at radius 1 is 1.17 bits per heavy atom. The summed E-state index contributed by atoms with van der Waals surface area (Å²) >= 11 is 0. The third kappa shape index (κ3) is 3.69. The van der Waals surface area contributed by atoms with E-state index in [9.17, 15) is 22.0 Å². The Bertz CT molecular complexity index is 686. The first-order valence-corrected chi connectivity index (χ1v) is 8.95. The molecule has 1 amide bonds. The second-order valence-corrected chi connectivity index (χ2v) is 7.55. The Hall–Kier alpha value is -1.54. The molecule has 0 spiro atoms. The van der Waals surface area contributed by atoms with Gasteiger partial charge in [0.05, 0.1) is 4.90 Å². The van der Waals surface area contributed by atoms with Gasteiger partial charge in [0, 0.05) is 32.1 Å². The summed E-state index contributed by atoms with van der Waals surface area (Å²) in [4.78, 5) is 13.5. The van der Waals surface area contributed by atoms with Crippen molar-refractivity contribution in [3.63, 3.8) is 0 Å². The first kappa shape index (κ1) is 17.8. The molecule has 1 aromatic carbocycles. The number of nitrogens with zero attached hydrogens (tertiary/aromatic N) is 2. The van der Waals surface area contributed by atoms with E-state index in [1.165, 1.54) is 4.31 Å². The van der Waals surface area contributed by atoms with Gasteiger partial charge < -0.3 is 4.90 Å². The predicted octanol–water partition coefficient (Wildman–Crippen LogP) is 1.84. The van der Waals surface area contributed by atoms with Crippen LogP contribution in [0.3, 0.4) is 0 Å². The van der Waals surface area contributed by atoms with E-state index in [0.717, 1.165) is 18.6 Å². The van der Waals surface area contributed by atoms with Gasteiger partial charge in [-0.2, -0.15) is 4.31 Å². The zero-order valence-electron chi connectivity index (χ0n) is 13.1. The monoisotopic (exact) mass is 346 g/mol. The van der Waals surface area contributed by atoms with E-state index in [4.69, 9.17) is 0 Å². The van der Waals surface area contributed by atoms with Crippen LogP contribution in [0.5, 0.6) is 0 Å². The first-order valence-electron chi connectivity index (χ1n) is 7.51. The number of hydrogen-bond acceptors (Lipinski definition) is 3. The molecule has 2 rings (SSSR count). The molecule has 1 saturated heterocycles. The number of piperazine rings is 1. The molecule has 0 radical (unpaired) electrons. The maximum Gasteiger partial charge on any atom is 0.243 e. The van der Waals surface area contributed by atoms with Crippen molar-refractivity contribution in [3.8, 4) is 0 Å². The number of carbonyl (C=O) groups is 1. The molecule has 1 heterocycles. The van der Waals surface area contributed by atoms with Crippen LogP contribution in [0.15, 0.2) is 23.1 Å². The Balaban J connectivity index is 2.09. The van der Waals surface area contributed by atoms with Crippen LogP contribution in [0.4, 0.5) is 8.78 Å². The largest absolute Gasteiger partial charge is 0.340 e. The van der Waals surface area contributed by atoms with Crippen molar-refractivity contribution in [2.24, 2.45) is 5.92 Å². The first-order chi connectivity index (χ1) is 10.8. The number of benzene rings is 1. The van der Waals surface area contributed by atoms with Crippen LogP contribution in [0.1, 0.15) is 20.3 Å². The molecule has 1 aliphatic rings. The van der Waals surface area contributed by atoms with E-state index in [0.29, 0.717) is 19.2 Å². The van der Waals surface area contributed by atoms with Crippen molar-refractivity contribution in [2.45, 2.75) is 25.2 Å². The third-order valence-corrected chi connectivity index (χ3v) is 6.01. The fourth-order valence-corrected chi connectivity index (χ4v) is 3.86. The van der Waals surface area contributed by atoms with E-state index >= 15 is 0 Å². The molecule has 1 aromatic rings. The highest BCUT2D eigenvalue weighted by Gasteiger charge is 2.31. The normalized spacial score (nSPS) is 18.0. The maximum atomic E-state index is 13.3. The van der Waals surface area contributed by atoms with E-state index < -0.39 is 21.7 Å². The van der Waals surface area contributed by atoms with Crippen LogP contribution < -0.4 is 0 Å². The van der Waals surface area contributed by atoms with Crippen LogP contribution in [-0.4, -0.2) is 49.7 Å². The van der Waals surface area contributed by atoms with Gasteiger partial charge in [0.1, 0.15) is 0 Å². The fraction of sp³-hybridized carbons (Fsp3) is 0.533. The predicted molar refractivity (Wildman–Crippen MR) is 81.2 cm³/mol. The molecule has 0 bridgehead atoms. The van der Waals surface area contributed by atoms with Crippen LogP contribution in [0, 0.1) is 17.6 Å². The third-order valence-electron chi connectivity index (χ3n) is 4.11. The zero-order chi connectivity index (χ0) is 17.2. The van der Waals surface area contributed by atoms with Gasteiger partial charge in [0.2, 0.25) is 15.9 Å². The molecule has 0 N–H and O–H groups in total. The number of sulfonamides is 1. The van der Waals surface area contributed by atoms with Crippen LogP contribution in [0.2, 0.25) is 0 Å². The molecular weight excluding hydrogens is 326 g/mol. The SMILES string of the molecule is CCC(C)C(=O)N1CCN(S(=O)(=O)c2ccc(F)c(F)c2)CC1. The summed E-state index contributed by atoms with van der Waals surface area (Å²) in [5.41, 5.74) is 0. The summed E-state index contributed by atoms with van der Waals surface area (Å²) in [6.45, 7) is 4.64. The molecule has 0 saturated carbocycles. The summed E-state index contributed by atoms with van der Waals surface area (Å²) in [5, 5.41) is 0. The Labute approximate surface area is 134 Å². The molecule has 8 heteroatoms. The number of rotatable bonds is 4. The highest BCUT2D eigenvalue weighted by Crippen LogP contribution is 2.20. The highest BCUT2D eigenvalue weighted by atomic mass is 32.2. The maximum absolute atomic E-state index is 13.3. The molecule has 0 aliphatic carbocycles. The molecule has 128 valence electrons. The molecule has 0 aromatic heterocycles. The molecule has 23 heavy (non-hydrogen) atoms. The number of carbonyl (C=O) groups excluding carboxylic acids is 1. The molecule has 5 nitrogen and oxygen atoms in total. The van der Waals surface area contributed by atoms with E-state index in [-0.39, 0.29) is 29.8 Å². The zero-order valence-corrected chi connectivity index (χ0v) is 13.9. The number of hydrogen-bond donors (Lipinski definition) is 0. The van der Waals surface area contributed by atoms with Gasteiger partial charge in [0.15, 0.2) is 11.6 Å². The quantitative estimate of drug-likeness (QED) is 0.836. The van der Waals surface area contributed by atoms with Gasteiger partial charge >= 0.3 is 0 Å². The van der Waals surface area contributed by atoms with E-state index in [1.807, 2.05) is 13.8 Å². The minimum Gasteiger partial charge on any atom is -0.340 e. The Morgan fingerprint density at radius 2 is 1.78 bits per heavy atom. The van der Waals surface area contributed by atoms with Crippen LogP contribution in [-0.2, 0) is 14.8 Å². The lowest BCUT2D eigenvalue weighted by Gasteiger charge is -2.35. The van der Waals surface area contributed by atoms with Gasteiger partial charge in [-0.05, 0) is 24.6 Å². The second-order valence-electron chi connectivity index (χ2n) is 5.61. The Morgan fingerprint density at radius 3 is 2.30 bits per heavy atom. The summed E-state index contributed by atoms with van der Waals surface area (Å²) in [6, 6.07) is 2.52. The summed E-state index contributed by atoms with van der Waals surface area (Å²) in [5.74, 6) is -2.37. The summed E-state index contributed by atoms with van der Waals surface area (Å²) in [6.07, 6.45) is 0.728. The topological polar surface area (TPSA) is 57.7 Å². The van der Waals surface area contributed by atoms with Gasteiger partial charge in [-0.1, -0.05) is 13.8 Å². The van der Waals surface area contributed by atoms with Crippen LogP contribution in [0.25, 0.3) is 0 Å². The fourth-order valence-electron chi connectivity index (χ4n) is 2.42. The molecule has 1 aliphatic heterocycles. The lowest BCUT2D eigenvalue weighted by atomic mass is 10.1. The number of halogens is 2. The van der Waals surface area contributed by atoms with Gasteiger partial charge in [-0.3, -0.25) is 4.79 Å². The summed E-state index contributed by atoms with van der Waals surface area (Å²) < 4.78 is 52.3. The standard InChI is InChI=1S/C15H20F2N2O3S/c1-3-11(2)15(20)18-6-8-19(9-7-18)23(21,22)12-4-5-13(16)14(17)10-12/h4-5,10-11H,3,6-9H2,1-2H3. The van der Waals surface area contributed by atoms with E-state index in [1.54, 1.807) is 4.90 Å². The van der Waals surface area contributed by atoms with Crippen molar-refractivity contribution < 1.29 is 22.0 Å². The second kappa shape index (κ2) is 6.92. The smallest absolute Gasteiger partial charge is 0.243 e. The Kier molecular flexibility index (Phi) is 5.36. The minimum absolute atomic E-state index is 0.0115. The van der Waals surface area contributed by atoms with Gasteiger partial charge in [-0.25, -0.2) is 17.2 Å². The average Bonchev–Trinajstić information content (AvgIpc) is 2.55. The molecule has 1 atom stereocenters. The molecule has 1 fully saturated rings. The highest BCUT2D eigenvalue weighted by molar-refractivity contribution is 7.89. The van der Waals surface area contributed by atoms with Crippen LogP contribution >= 0.6 is 0 Å². The van der Waals surface area contributed by atoms with Gasteiger partial charge in [-0.15, -0.1) is 0 Å². The van der Waals surface area contributed by atoms with Crippen molar-refractivity contribution in [1.82, 2.24) is 9.21 Å². The molecular formula is C15H20F2N2O3S. The van der Waals surface area contributed by atoms with Crippen molar-refractivity contribution in [3.05, 3.63) is 29.8 Å². The average molecular weight is 346 g/mol. The van der Waals surface area contributed by atoms with Crippen molar-refractivity contribution in [2.75, 3.05) is 26.2 Å². The van der Waals surface area contributed by atoms with Crippen molar-refractivity contribution >= 4 is 15.9 Å². The van der Waals surface area contributed by atoms with E-state index in [2.05, 4.69) is 0 Å². The molecule has 1 unspecified atom stereocenters. The lowest BCUT2D eigenvalue weighted by molar-refractivity contribution is -0.136. The van der Waals surface area contributed by atoms with Gasteiger partial charge in [0.25, 0.3) is 0 Å². The number of amides is 1. The lowest BCUT2D eigenvalue weighted by Crippen LogP contribution is -2.51. The summed E-state index contributed by atoms with van der Waals surface area (Å²) in [7, 11) is -3.89. The minimum atomic E-state index is -3.89. The van der Waals surface area contributed by atoms with Crippen molar-refractivity contribution in [1.29, 1.82) is 0 Å².